The summed E-state index contributed by atoms with van der Waals surface area (Å²) in [6.45, 7) is 12.2. The van der Waals surface area contributed by atoms with E-state index in [0.717, 1.165) is 35.5 Å². The molecule has 0 amide bonds. The third kappa shape index (κ3) is 2.29. The standard InChI is InChI=1S/C17H31/c1-6-14-8-9-16(15(14)7-2)17-10-11(3)12(4)13(17)5/h11-16H,6-10H2,1-5H3. The molecular weight excluding hydrogens is 204 g/mol. The predicted octanol–water partition coefficient (Wildman–Crippen LogP) is 5.34. The van der Waals surface area contributed by atoms with Gasteiger partial charge in [-0.1, -0.05) is 47.5 Å². The zero-order chi connectivity index (χ0) is 12.6. The van der Waals surface area contributed by atoms with E-state index in [0.29, 0.717) is 0 Å². The van der Waals surface area contributed by atoms with Gasteiger partial charge in [0.25, 0.3) is 0 Å². The van der Waals surface area contributed by atoms with Gasteiger partial charge >= 0.3 is 0 Å². The minimum atomic E-state index is 0.889. The SMILES string of the molecule is CCC1CCC([C]2CC(C)C(C)C2C)C1CC. The highest BCUT2D eigenvalue weighted by molar-refractivity contribution is 5.12. The van der Waals surface area contributed by atoms with Crippen molar-refractivity contribution in [3.05, 3.63) is 5.92 Å². The normalized spacial score (nSPS) is 47.8. The molecule has 0 aromatic heterocycles. The lowest BCUT2D eigenvalue weighted by molar-refractivity contribution is 0.277. The quantitative estimate of drug-likeness (QED) is 0.620. The highest BCUT2D eigenvalue weighted by Crippen LogP contribution is 2.54. The molecule has 0 N–H and O–H groups in total. The topological polar surface area (TPSA) is 0 Å². The monoisotopic (exact) mass is 235 g/mol. The second-order valence-corrected chi connectivity index (χ2v) is 6.83. The average molecular weight is 235 g/mol. The summed E-state index contributed by atoms with van der Waals surface area (Å²) in [5, 5.41) is 0. The van der Waals surface area contributed by atoms with E-state index < -0.39 is 0 Å². The zero-order valence-electron chi connectivity index (χ0n) is 12.5. The molecule has 99 valence electrons. The molecule has 0 bridgehead atoms. The summed E-state index contributed by atoms with van der Waals surface area (Å²) in [5.41, 5.74) is 0. The first-order valence-electron chi connectivity index (χ1n) is 7.95. The minimum Gasteiger partial charge on any atom is -0.0651 e. The van der Waals surface area contributed by atoms with E-state index in [1.54, 1.807) is 0 Å². The molecule has 2 aliphatic rings. The fourth-order valence-corrected chi connectivity index (χ4v) is 4.80. The summed E-state index contributed by atoms with van der Waals surface area (Å²) in [7, 11) is 0. The summed E-state index contributed by atoms with van der Waals surface area (Å²) < 4.78 is 0. The summed E-state index contributed by atoms with van der Waals surface area (Å²) in [6.07, 6.45) is 7.23. The average Bonchev–Trinajstić information content (AvgIpc) is 2.85. The maximum Gasteiger partial charge on any atom is -0.0174 e. The lowest BCUT2D eigenvalue weighted by Crippen LogP contribution is -2.23. The molecule has 0 aromatic rings. The lowest BCUT2D eigenvalue weighted by atomic mass is 9.74. The summed E-state index contributed by atoms with van der Waals surface area (Å²) in [6, 6.07) is 0. The Morgan fingerprint density at radius 1 is 1.00 bits per heavy atom. The van der Waals surface area contributed by atoms with Crippen LogP contribution in [0.4, 0.5) is 0 Å². The van der Waals surface area contributed by atoms with Gasteiger partial charge < -0.3 is 0 Å². The Morgan fingerprint density at radius 3 is 2.18 bits per heavy atom. The molecule has 0 heterocycles. The van der Waals surface area contributed by atoms with Crippen LogP contribution in [0, 0.1) is 41.4 Å². The molecule has 2 fully saturated rings. The van der Waals surface area contributed by atoms with Gasteiger partial charge in [0.2, 0.25) is 0 Å². The fourth-order valence-electron chi connectivity index (χ4n) is 4.80. The second-order valence-electron chi connectivity index (χ2n) is 6.83. The Bertz CT molecular complexity index is 244. The Labute approximate surface area is 109 Å². The van der Waals surface area contributed by atoms with Gasteiger partial charge in [0.05, 0.1) is 0 Å². The van der Waals surface area contributed by atoms with Gasteiger partial charge in [-0.2, -0.15) is 0 Å². The van der Waals surface area contributed by atoms with Gasteiger partial charge in [0.1, 0.15) is 0 Å². The van der Waals surface area contributed by atoms with E-state index in [4.69, 9.17) is 0 Å². The Kier molecular flexibility index (Phi) is 4.21. The molecule has 1 radical (unpaired) electrons. The molecule has 6 unspecified atom stereocenters. The zero-order valence-corrected chi connectivity index (χ0v) is 12.5. The van der Waals surface area contributed by atoms with Gasteiger partial charge in [-0.05, 0) is 60.7 Å². The molecule has 0 heteroatoms. The highest BCUT2D eigenvalue weighted by atomic mass is 14.5. The molecule has 0 nitrogen and oxygen atoms in total. The van der Waals surface area contributed by atoms with Crippen molar-refractivity contribution < 1.29 is 0 Å². The van der Waals surface area contributed by atoms with Crippen molar-refractivity contribution in [2.24, 2.45) is 35.5 Å². The van der Waals surface area contributed by atoms with Gasteiger partial charge in [-0.25, -0.2) is 0 Å². The van der Waals surface area contributed by atoms with Crippen LogP contribution in [-0.2, 0) is 0 Å². The van der Waals surface area contributed by atoms with Crippen molar-refractivity contribution >= 4 is 0 Å². The summed E-state index contributed by atoms with van der Waals surface area (Å²) in [5.74, 6) is 7.70. The largest absolute Gasteiger partial charge is 0.0651 e. The first-order chi connectivity index (χ1) is 8.10. The molecule has 0 saturated heterocycles. The smallest absolute Gasteiger partial charge is 0.0174 e. The summed E-state index contributed by atoms with van der Waals surface area (Å²) in [4.78, 5) is 0. The van der Waals surface area contributed by atoms with Crippen molar-refractivity contribution in [1.82, 2.24) is 0 Å². The first-order valence-corrected chi connectivity index (χ1v) is 7.95. The first kappa shape index (κ1) is 13.4. The maximum absolute atomic E-state index is 2.50. The van der Waals surface area contributed by atoms with Gasteiger partial charge in [0, 0.05) is 0 Å². The number of hydrogen-bond donors (Lipinski definition) is 0. The Balaban J connectivity index is 2.08. The van der Waals surface area contributed by atoms with Crippen LogP contribution in [0.2, 0.25) is 0 Å². The van der Waals surface area contributed by atoms with Crippen LogP contribution < -0.4 is 0 Å². The van der Waals surface area contributed by atoms with Gasteiger partial charge in [-0.3, -0.25) is 0 Å². The molecule has 17 heavy (non-hydrogen) atoms. The summed E-state index contributed by atoms with van der Waals surface area (Å²) >= 11 is 0. The van der Waals surface area contributed by atoms with E-state index in [2.05, 4.69) is 34.6 Å². The predicted molar refractivity (Wildman–Crippen MR) is 75.6 cm³/mol. The molecule has 0 aliphatic heterocycles. The van der Waals surface area contributed by atoms with E-state index in [9.17, 15) is 0 Å². The van der Waals surface area contributed by atoms with Crippen molar-refractivity contribution in [2.45, 2.75) is 66.7 Å². The van der Waals surface area contributed by atoms with Crippen LogP contribution in [-0.4, -0.2) is 0 Å². The minimum absolute atomic E-state index is 0.889. The molecule has 2 saturated carbocycles. The molecule has 2 rings (SSSR count). The van der Waals surface area contributed by atoms with Crippen LogP contribution in [0.1, 0.15) is 66.7 Å². The second kappa shape index (κ2) is 5.33. The highest BCUT2D eigenvalue weighted by Gasteiger charge is 2.45. The van der Waals surface area contributed by atoms with Crippen molar-refractivity contribution in [3.8, 4) is 0 Å². The van der Waals surface area contributed by atoms with Crippen molar-refractivity contribution in [3.63, 3.8) is 0 Å². The third-order valence-electron chi connectivity index (χ3n) is 6.27. The fraction of sp³-hybridized carbons (Fsp3) is 0.941. The van der Waals surface area contributed by atoms with E-state index in [1.165, 1.54) is 32.1 Å². The molecule has 6 atom stereocenters. The van der Waals surface area contributed by atoms with E-state index in [1.807, 2.05) is 5.92 Å². The van der Waals surface area contributed by atoms with Crippen LogP contribution in [0.25, 0.3) is 0 Å². The third-order valence-corrected chi connectivity index (χ3v) is 6.27. The van der Waals surface area contributed by atoms with Crippen molar-refractivity contribution in [2.75, 3.05) is 0 Å². The molecule has 2 aliphatic carbocycles. The van der Waals surface area contributed by atoms with Crippen molar-refractivity contribution in [1.29, 1.82) is 0 Å². The van der Waals surface area contributed by atoms with E-state index in [-0.39, 0.29) is 0 Å². The molecular formula is C17H31. The van der Waals surface area contributed by atoms with Crippen LogP contribution in [0.15, 0.2) is 0 Å². The molecule has 0 spiro atoms. The number of hydrogen-bond acceptors (Lipinski definition) is 0. The van der Waals surface area contributed by atoms with Crippen LogP contribution in [0.5, 0.6) is 0 Å². The van der Waals surface area contributed by atoms with E-state index >= 15 is 0 Å². The van der Waals surface area contributed by atoms with Crippen LogP contribution in [0.3, 0.4) is 0 Å². The Hall–Kier alpha value is 0. The lowest BCUT2D eigenvalue weighted by Gasteiger charge is -2.30. The maximum atomic E-state index is 2.50. The van der Waals surface area contributed by atoms with Gasteiger partial charge in [0.15, 0.2) is 0 Å². The van der Waals surface area contributed by atoms with Crippen LogP contribution >= 0.6 is 0 Å². The number of rotatable bonds is 3. The molecule has 0 aromatic carbocycles. The van der Waals surface area contributed by atoms with Gasteiger partial charge in [-0.15, -0.1) is 0 Å². The Morgan fingerprint density at radius 2 is 1.71 bits per heavy atom.